The van der Waals surface area contributed by atoms with E-state index in [9.17, 15) is 13.2 Å². The summed E-state index contributed by atoms with van der Waals surface area (Å²) in [7, 11) is -1.57. The number of likely N-dealkylation sites (N-methyl/N-ethyl adjacent to an activating group) is 1. The van der Waals surface area contributed by atoms with E-state index in [4.69, 9.17) is 0 Å². The summed E-state index contributed by atoms with van der Waals surface area (Å²) >= 11 is 1.14. The number of carbonyl (C=O) groups excluding carboxylic acids is 1. The van der Waals surface area contributed by atoms with E-state index in [1.165, 1.54) is 32.1 Å². The average molecular weight is 402 g/mol. The summed E-state index contributed by atoms with van der Waals surface area (Å²) in [5, 5.41) is 4.61. The number of hydrogen-bond donors (Lipinski definition) is 2. The summed E-state index contributed by atoms with van der Waals surface area (Å²) < 4.78 is 27.6. The standard InChI is InChI=1S/C18H31N3O3S2/c1-14(2)17(20-26(23,24)16-10-7-13-25-16)18(22)19-11-12-21(3)15-8-5-4-6-9-15/h7,10,13-15,17,20H,4-6,8-9,11-12H2,1-3H3,(H,19,22). The van der Waals surface area contributed by atoms with E-state index in [0.717, 1.165) is 17.9 Å². The van der Waals surface area contributed by atoms with Gasteiger partial charge < -0.3 is 10.2 Å². The molecule has 0 aromatic carbocycles. The minimum atomic E-state index is -3.67. The van der Waals surface area contributed by atoms with Gasteiger partial charge in [-0.25, -0.2) is 8.42 Å². The van der Waals surface area contributed by atoms with Gasteiger partial charge in [0.05, 0.1) is 0 Å². The monoisotopic (exact) mass is 401 g/mol. The summed E-state index contributed by atoms with van der Waals surface area (Å²) in [6.45, 7) is 4.99. The van der Waals surface area contributed by atoms with Gasteiger partial charge in [0.15, 0.2) is 0 Å². The molecule has 0 bridgehead atoms. The third-order valence-electron chi connectivity index (χ3n) is 4.95. The van der Waals surface area contributed by atoms with Crippen LogP contribution >= 0.6 is 11.3 Å². The van der Waals surface area contributed by atoms with Crippen LogP contribution in [0.25, 0.3) is 0 Å². The molecule has 2 N–H and O–H groups in total. The maximum atomic E-state index is 12.5. The zero-order valence-electron chi connectivity index (χ0n) is 15.9. The number of carbonyl (C=O) groups is 1. The van der Waals surface area contributed by atoms with Crippen molar-refractivity contribution >= 4 is 27.3 Å². The number of hydrogen-bond acceptors (Lipinski definition) is 5. The second-order valence-corrected chi connectivity index (χ2v) is 10.2. The Labute approximate surface area is 161 Å². The van der Waals surface area contributed by atoms with Crippen LogP contribution in [-0.2, 0) is 14.8 Å². The minimum absolute atomic E-state index is 0.138. The first-order valence-corrected chi connectivity index (χ1v) is 11.7. The summed E-state index contributed by atoms with van der Waals surface area (Å²) in [5.74, 6) is -0.405. The Bertz CT molecular complexity index is 653. The van der Waals surface area contributed by atoms with E-state index >= 15 is 0 Å². The van der Waals surface area contributed by atoms with E-state index in [1.54, 1.807) is 17.5 Å². The van der Waals surface area contributed by atoms with Crippen LogP contribution in [0.4, 0.5) is 0 Å². The van der Waals surface area contributed by atoms with E-state index in [-0.39, 0.29) is 16.0 Å². The van der Waals surface area contributed by atoms with Crippen molar-refractivity contribution in [3.8, 4) is 0 Å². The van der Waals surface area contributed by atoms with Crippen LogP contribution in [0, 0.1) is 5.92 Å². The molecule has 1 atom stereocenters. The number of nitrogens with zero attached hydrogens (tertiary/aromatic N) is 1. The van der Waals surface area contributed by atoms with Gasteiger partial charge in [-0.2, -0.15) is 4.72 Å². The molecule has 1 fully saturated rings. The molecular weight excluding hydrogens is 370 g/mol. The quantitative estimate of drug-likeness (QED) is 0.666. The highest BCUT2D eigenvalue weighted by Gasteiger charge is 2.28. The molecule has 8 heteroatoms. The molecule has 1 heterocycles. The average Bonchev–Trinajstić information content (AvgIpc) is 3.15. The van der Waals surface area contributed by atoms with Crippen LogP contribution in [0.3, 0.4) is 0 Å². The molecule has 1 saturated carbocycles. The highest BCUT2D eigenvalue weighted by molar-refractivity contribution is 7.91. The normalized spacial score (nSPS) is 17.6. The molecule has 148 valence electrons. The lowest BCUT2D eigenvalue weighted by molar-refractivity contribution is -0.123. The minimum Gasteiger partial charge on any atom is -0.353 e. The summed E-state index contributed by atoms with van der Waals surface area (Å²) in [4.78, 5) is 14.8. The third-order valence-corrected chi connectivity index (χ3v) is 7.79. The lowest BCUT2D eigenvalue weighted by atomic mass is 9.94. The van der Waals surface area contributed by atoms with Crippen molar-refractivity contribution in [1.29, 1.82) is 0 Å². The fraction of sp³-hybridized carbons (Fsp3) is 0.722. The third kappa shape index (κ3) is 6.04. The maximum absolute atomic E-state index is 12.5. The van der Waals surface area contributed by atoms with E-state index < -0.39 is 16.1 Å². The topological polar surface area (TPSA) is 78.5 Å². The van der Waals surface area contributed by atoms with Gasteiger partial charge in [0, 0.05) is 19.1 Å². The Morgan fingerprint density at radius 2 is 2.00 bits per heavy atom. The number of amides is 1. The van der Waals surface area contributed by atoms with E-state index in [1.807, 2.05) is 13.8 Å². The molecule has 0 spiro atoms. The first-order valence-electron chi connectivity index (χ1n) is 9.35. The molecule has 1 aliphatic rings. The fourth-order valence-corrected chi connectivity index (χ4v) is 5.66. The van der Waals surface area contributed by atoms with Crippen LogP contribution in [0.2, 0.25) is 0 Å². The fourth-order valence-electron chi connectivity index (χ4n) is 3.30. The summed E-state index contributed by atoms with van der Waals surface area (Å²) in [5.41, 5.74) is 0. The summed E-state index contributed by atoms with van der Waals surface area (Å²) in [6.07, 6.45) is 6.32. The SMILES string of the molecule is CC(C)C(NS(=O)(=O)c1cccs1)C(=O)NCCN(C)C1CCCCC1. The van der Waals surface area contributed by atoms with Crippen LogP contribution < -0.4 is 10.0 Å². The van der Waals surface area contributed by atoms with Crippen molar-refractivity contribution in [2.24, 2.45) is 5.92 Å². The van der Waals surface area contributed by atoms with Gasteiger partial charge in [0.1, 0.15) is 10.3 Å². The van der Waals surface area contributed by atoms with Gasteiger partial charge >= 0.3 is 0 Å². The zero-order chi connectivity index (χ0) is 19.2. The number of rotatable bonds is 9. The number of nitrogens with one attached hydrogen (secondary N) is 2. The first-order chi connectivity index (χ1) is 12.3. The Kier molecular flexibility index (Phi) is 8.06. The highest BCUT2D eigenvalue weighted by atomic mass is 32.2. The van der Waals surface area contributed by atoms with Gasteiger partial charge in [0.25, 0.3) is 10.0 Å². The number of sulfonamides is 1. The maximum Gasteiger partial charge on any atom is 0.250 e. The smallest absolute Gasteiger partial charge is 0.250 e. The largest absolute Gasteiger partial charge is 0.353 e. The van der Waals surface area contributed by atoms with Crippen LogP contribution in [-0.4, -0.2) is 51.4 Å². The molecule has 1 aliphatic carbocycles. The zero-order valence-corrected chi connectivity index (χ0v) is 17.5. The predicted octanol–water partition coefficient (Wildman–Crippen LogP) is 2.43. The van der Waals surface area contributed by atoms with Crippen LogP contribution in [0.15, 0.2) is 21.7 Å². The van der Waals surface area contributed by atoms with Crippen molar-refractivity contribution < 1.29 is 13.2 Å². The van der Waals surface area contributed by atoms with Crippen molar-refractivity contribution in [2.75, 3.05) is 20.1 Å². The molecule has 1 aromatic rings. The van der Waals surface area contributed by atoms with Crippen molar-refractivity contribution in [1.82, 2.24) is 14.9 Å². The van der Waals surface area contributed by atoms with Crippen molar-refractivity contribution in [3.05, 3.63) is 17.5 Å². The molecule has 1 amide bonds. The van der Waals surface area contributed by atoms with Gasteiger partial charge in [0.2, 0.25) is 5.91 Å². The molecule has 0 aliphatic heterocycles. The van der Waals surface area contributed by atoms with E-state index in [0.29, 0.717) is 12.6 Å². The van der Waals surface area contributed by atoms with Crippen LogP contribution in [0.1, 0.15) is 46.0 Å². The van der Waals surface area contributed by atoms with Gasteiger partial charge in [-0.1, -0.05) is 39.2 Å². The second-order valence-electron chi connectivity index (χ2n) is 7.34. The van der Waals surface area contributed by atoms with Gasteiger partial charge in [-0.05, 0) is 37.3 Å². The van der Waals surface area contributed by atoms with E-state index in [2.05, 4.69) is 22.0 Å². The highest BCUT2D eigenvalue weighted by Crippen LogP contribution is 2.21. The van der Waals surface area contributed by atoms with Crippen LogP contribution in [0.5, 0.6) is 0 Å². The Balaban J connectivity index is 1.86. The lowest BCUT2D eigenvalue weighted by Crippen LogP contribution is -2.50. The predicted molar refractivity (Wildman–Crippen MR) is 106 cm³/mol. The van der Waals surface area contributed by atoms with Gasteiger partial charge in [-0.15, -0.1) is 11.3 Å². The lowest BCUT2D eigenvalue weighted by Gasteiger charge is -2.31. The Morgan fingerprint density at radius 3 is 2.58 bits per heavy atom. The first kappa shape index (κ1) is 21.3. The van der Waals surface area contributed by atoms with Crippen molar-refractivity contribution in [2.45, 2.75) is 62.2 Å². The molecule has 0 radical (unpaired) electrons. The van der Waals surface area contributed by atoms with Gasteiger partial charge in [-0.3, -0.25) is 4.79 Å². The Morgan fingerprint density at radius 1 is 1.31 bits per heavy atom. The molecule has 6 nitrogen and oxygen atoms in total. The molecular formula is C18H31N3O3S2. The van der Waals surface area contributed by atoms with Crippen molar-refractivity contribution in [3.63, 3.8) is 0 Å². The molecule has 0 saturated heterocycles. The number of thiophene rings is 1. The summed E-state index contributed by atoms with van der Waals surface area (Å²) in [6, 6.07) is 3.05. The Hall–Kier alpha value is -0.960. The molecule has 1 aromatic heterocycles. The molecule has 1 unspecified atom stereocenters. The molecule has 2 rings (SSSR count). The second kappa shape index (κ2) is 9.82. The molecule has 26 heavy (non-hydrogen) atoms.